The van der Waals surface area contributed by atoms with Crippen LogP contribution in [-0.4, -0.2) is 24.6 Å². The number of ketones is 1. The molecule has 6 nitrogen and oxygen atoms in total. The zero-order valence-electron chi connectivity index (χ0n) is 14.2. The lowest BCUT2D eigenvalue weighted by Gasteiger charge is -2.16. The predicted molar refractivity (Wildman–Crippen MR) is 95.8 cm³/mol. The minimum atomic E-state index is -0.388. The van der Waals surface area contributed by atoms with E-state index >= 15 is 0 Å². The van der Waals surface area contributed by atoms with Crippen LogP contribution in [0.1, 0.15) is 15.9 Å². The van der Waals surface area contributed by atoms with Gasteiger partial charge in [0.2, 0.25) is 0 Å². The molecular formula is C20H14N2O4. The number of hydrogen-bond donors (Lipinski definition) is 0. The second kappa shape index (κ2) is 5.74. The average Bonchev–Trinajstić information content (AvgIpc) is 2.97. The summed E-state index contributed by atoms with van der Waals surface area (Å²) in [6.45, 7) is -0.168. The van der Waals surface area contributed by atoms with Crippen molar-refractivity contribution in [3.63, 3.8) is 0 Å². The molecular weight excluding hydrogens is 332 g/mol. The monoisotopic (exact) mass is 346 g/mol. The molecule has 0 radical (unpaired) electrons. The van der Waals surface area contributed by atoms with Crippen LogP contribution >= 0.6 is 0 Å². The van der Waals surface area contributed by atoms with Crippen LogP contribution in [0.5, 0.6) is 11.5 Å². The summed E-state index contributed by atoms with van der Waals surface area (Å²) in [7, 11) is 2.92. The molecule has 2 aromatic carbocycles. The lowest BCUT2D eigenvalue weighted by Crippen LogP contribution is -2.23. The molecule has 0 saturated carbocycles. The molecule has 0 fully saturated rings. The summed E-state index contributed by atoms with van der Waals surface area (Å²) >= 11 is 0. The Hall–Kier alpha value is -3.59. The maximum Gasteiger partial charge on any atom is 0.263 e. The van der Waals surface area contributed by atoms with Gasteiger partial charge in [0.15, 0.2) is 17.3 Å². The number of carbonyl (C=O) groups excluding carboxylic acids is 1. The summed E-state index contributed by atoms with van der Waals surface area (Å²) in [4.78, 5) is 26.3. The number of nitrogens with zero attached hydrogens (tertiary/aromatic N) is 2. The van der Waals surface area contributed by atoms with Gasteiger partial charge in [0, 0.05) is 16.5 Å². The number of methoxy groups -OCH3 is 2. The molecule has 6 heteroatoms. The second-order valence-electron chi connectivity index (χ2n) is 5.87. The number of nitriles is 1. The smallest absolute Gasteiger partial charge is 0.263 e. The number of aromatic nitrogens is 1. The molecule has 0 N–H and O–H groups in total. The third kappa shape index (κ3) is 1.91. The van der Waals surface area contributed by atoms with E-state index in [1.807, 2.05) is 6.07 Å². The van der Waals surface area contributed by atoms with Gasteiger partial charge in [-0.15, -0.1) is 0 Å². The molecule has 0 spiro atoms. The van der Waals surface area contributed by atoms with E-state index in [0.717, 1.165) is 0 Å². The minimum Gasteiger partial charge on any atom is -0.493 e. The third-order valence-electron chi connectivity index (χ3n) is 4.66. The molecule has 3 aromatic rings. The average molecular weight is 346 g/mol. The maximum atomic E-state index is 13.2. The van der Waals surface area contributed by atoms with E-state index in [0.29, 0.717) is 33.5 Å². The number of ether oxygens (including phenoxy) is 2. The van der Waals surface area contributed by atoms with Gasteiger partial charge in [0.25, 0.3) is 5.56 Å². The SMILES string of the molecule is COc1ccc2c3c(n(CC#N)c(=O)c2c1OC)-c1ccccc1C3=O. The molecule has 128 valence electrons. The van der Waals surface area contributed by atoms with Gasteiger partial charge in [0.1, 0.15) is 6.54 Å². The topological polar surface area (TPSA) is 81.3 Å². The third-order valence-corrected chi connectivity index (χ3v) is 4.66. The van der Waals surface area contributed by atoms with Crippen molar-refractivity contribution in [3.05, 3.63) is 57.9 Å². The standard InChI is InChI=1S/C20H14N2O4/c1-25-14-8-7-13-15-17(11-5-3-4-6-12(11)18(15)23)22(10-9-21)20(24)16(13)19(14)26-2/h3-8H,10H2,1-2H3. The summed E-state index contributed by atoms with van der Waals surface area (Å²) in [6.07, 6.45) is 0. The number of carbonyl (C=O) groups is 1. The Kier molecular flexibility index (Phi) is 3.51. The van der Waals surface area contributed by atoms with Crippen LogP contribution in [0.25, 0.3) is 22.0 Å². The fourth-order valence-corrected chi connectivity index (χ4v) is 3.60. The zero-order valence-corrected chi connectivity index (χ0v) is 14.2. The van der Waals surface area contributed by atoms with Crippen molar-refractivity contribution in [2.24, 2.45) is 0 Å². The number of fused-ring (bicyclic) bond motifs is 5. The number of pyridine rings is 1. The van der Waals surface area contributed by atoms with Crippen LogP contribution in [0.4, 0.5) is 0 Å². The van der Waals surface area contributed by atoms with E-state index in [4.69, 9.17) is 9.47 Å². The van der Waals surface area contributed by atoms with E-state index < -0.39 is 0 Å². The van der Waals surface area contributed by atoms with Gasteiger partial charge in [-0.1, -0.05) is 24.3 Å². The molecule has 1 heterocycles. The Morgan fingerprint density at radius 1 is 1.04 bits per heavy atom. The van der Waals surface area contributed by atoms with Gasteiger partial charge in [-0.25, -0.2) is 0 Å². The van der Waals surface area contributed by atoms with Crippen LogP contribution in [0.2, 0.25) is 0 Å². The van der Waals surface area contributed by atoms with Crippen molar-refractivity contribution in [2.75, 3.05) is 14.2 Å². The first-order chi connectivity index (χ1) is 12.6. The highest BCUT2D eigenvalue weighted by molar-refractivity contribution is 6.27. The highest BCUT2D eigenvalue weighted by Crippen LogP contribution is 2.42. The van der Waals surface area contributed by atoms with Crippen LogP contribution in [-0.2, 0) is 6.54 Å². The molecule has 0 atom stereocenters. The minimum absolute atomic E-state index is 0.167. The first kappa shape index (κ1) is 15.9. The van der Waals surface area contributed by atoms with E-state index in [-0.39, 0.29) is 29.0 Å². The molecule has 0 amide bonds. The number of hydrogen-bond acceptors (Lipinski definition) is 5. The van der Waals surface area contributed by atoms with Crippen molar-refractivity contribution >= 4 is 16.6 Å². The Labute approximate surface area is 148 Å². The number of benzene rings is 2. The Balaban J connectivity index is 2.26. The normalized spacial score (nSPS) is 11.8. The Bertz CT molecular complexity index is 1190. The van der Waals surface area contributed by atoms with E-state index in [1.54, 1.807) is 36.4 Å². The van der Waals surface area contributed by atoms with Gasteiger partial charge in [-0.2, -0.15) is 5.26 Å². The van der Waals surface area contributed by atoms with E-state index in [2.05, 4.69) is 0 Å². The van der Waals surface area contributed by atoms with Crippen molar-refractivity contribution in [3.8, 4) is 28.8 Å². The van der Waals surface area contributed by atoms with Crippen molar-refractivity contribution in [2.45, 2.75) is 6.54 Å². The fraction of sp³-hybridized carbons (Fsp3) is 0.150. The summed E-state index contributed by atoms with van der Waals surface area (Å²) < 4.78 is 12.0. The highest BCUT2D eigenvalue weighted by Gasteiger charge is 2.33. The summed E-state index contributed by atoms with van der Waals surface area (Å²) in [5.74, 6) is 0.483. The van der Waals surface area contributed by atoms with Crippen LogP contribution in [0, 0.1) is 11.3 Å². The Morgan fingerprint density at radius 3 is 2.42 bits per heavy atom. The van der Waals surface area contributed by atoms with Gasteiger partial charge < -0.3 is 9.47 Å². The van der Waals surface area contributed by atoms with Crippen LogP contribution in [0.15, 0.2) is 41.2 Å². The first-order valence-corrected chi connectivity index (χ1v) is 7.96. The predicted octanol–water partition coefficient (Wildman–Crippen LogP) is 2.75. The molecule has 4 rings (SSSR count). The molecule has 1 aromatic heterocycles. The van der Waals surface area contributed by atoms with E-state index in [1.165, 1.54) is 18.8 Å². The summed E-state index contributed by atoms with van der Waals surface area (Å²) in [5.41, 5.74) is 1.70. The quantitative estimate of drug-likeness (QED) is 0.570. The summed E-state index contributed by atoms with van der Waals surface area (Å²) in [5, 5.41) is 9.97. The lowest BCUT2D eigenvalue weighted by molar-refractivity contribution is 0.104. The lowest BCUT2D eigenvalue weighted by atomic mass is 10.0. The largest absolute Gasteiger partial charge is 0.493 e. The molecule has 1 aliphatic rings. The zero-order chi connectivity index (χ0) is 18.4. The van der Waals surface area contributed by atoms with Crippen molar-refractivity contribution in [1.29, 1.82) is 5.26 Å². The van der Waals surface area contributed by atoms with Crippen LogP contribution in [0.3, 0.4) is 0 Å². The van der Waals surface area contributed by atoms with Gasteiger partial charge in [-0.05, 0) is 12.1 Å². The first-order valence-electron chi connectivity index (χ1n) is 7.96. The molecule has 1 aliphatic carbocycles. The summed E-state index contributed by atoms with van der Waals surface area (Å²) in [6, 6.07) is 12.5. The van der Waals surface area contributed by atoms with Gasteiger partial charge in [0.05, 0.1) is 36.9 Å². The molecule has 26 heavy (non-hydrogen) atoms. The molecule has 0 unspecified atom stereocenters. The molecule has 0 bridgehead atoms. The van der Waals surface area contributed by atoms with Gasteiger partial charge in [-0.3, -0.25) is 14.2 Å². The Morgan fingerprint density at radius 2 is 1.77 bits per heavy atom. The van der Waals surface area contributed by atoms with Crippen LogP contribution < -0.4 is 15.0 Å². The second-order valence-corrected chi connectivity index (χ2v) is 5.87. The van der Waals surface area contributed by atoms with Gasteiger partial charge >= 0.3 is 0 Å². The fourth-order valence-electron chi connectivity index (χ4n) is 3.60. The molecule has 0 aliphatic heterocycles. The van der Waals surface area contributed by atoms with E-state index in [9.17, 15) is 14.9 Å². The number of rotatable bonds is 3. The molecule has 0 saturated heterocycles. The maximum absolute atomic E-state index is 13.2. The highest BCUT2D eigenvalue weighted by atomic mass is 16.5. The van der Waals surface area contributed by atoms with Crippen molar-refractivity contribution < 1.29 is 14.3 Å². The van der Waals surface area contributed by atoms with Crippen molar-refractivity contribution in [1.82, 2.24) is 4.57 Å².